The predicted molar refractivity (Wildman–Crippen MR) is 183 cm³/mol. The van der Waals surface area contributed by atoms with E-state index >= 15 is 0 Å². The van der Waals surface area contributed by atoms with Crippen molar-refractivity contribution in [1.29, 1.82) is 0 Å². The Labute approximate surface area is 270 Å². The minimum Gasteiger partial charge on any atom is -0.352 e. The van der Waals surface area contributed by atoms with Crippen molar-refractivity contribution in [3.8, 4) is 0 Å². The number of hydrogen-bond acceptors (Lipinski definition) is 5. The number of benzene rings is 4. The lowest BCUT2D eigenvalue weighted by molar-refractivity contribution is -0.133. The van der Waals surface area contributed by atoms with Gasteiger partial charge in [0.05, 0.1) is 0 Å². The van der Waals surface area contributed by atoms with Crippen LogP contribution >= 0.6 is 0 Å². The van der Waals surface area contributed by atoms with E-state index in [-0.39, 0.29) is 35.7 Å². The average molecular weight is 620 g/mol. The van der Waals surface area contributed by atoms with Gasteiger partial charge in [0, 0.05) is 30.8 Å². The van der Waals surface area contributed by atoms with Crippen molar-refractivity contribution in [2.75, 3.05) is 13.1 Å². The molecule has 2 fully saturated rings. The smallest absolute Gasteiger partial charge is 0.243 e. The first-order chi connectivity index (χ1) is 22.4. The molecule has 8 nitrogen and oxygen atoms in total. The van der Waals surface area contributed by atoms with E-state index in [1.165, 1.54) is 0 Å². The van der Waals surface area contributed by atoms with E-state index in [4.69, 9.17) is 5.73 Å². The van der Waals surface area contributed by atoms with Crippen LogP contribution in [0.15, 0.2) is 84.9 Å². The highest BCUT2D eigenvalue weighted by atomic mass is 16.2. The zero-order chi connectivity index (χ0) is 31.9. The summed E-state index contributed by atoms with van der Waals surface area (Å²) in [6, 6.07) is 27.0. The van der Waals surface area contributed by atoms with Crippen LogP contribution in [0, 0.1) is 5.92 Å². The van der Waals surface area contributed by atoms with E-state index in [1.54, 1.807) is 0 Å². The van der Waals surface area contributed by atoms with Crippen molar-refractivity contribution in [3.63, 3.8) is 0 Å². The summed E-state index contributed by atoms with van der Waals surface area (Å²) in [4.78, 5) is 41.4. The zero-order valence-electron chi connectivity index (χ0n) is 26.3. The molecule has 4 aromatic rings. The third kappa shape index (κ3) is 8.11. The van der Waals surface area contributed by atoms with Crippen LogP contribution in [-0.4, -0.2) is 55.0 Å². The van der Waals surface area contributed by atoms with Crippen molar-refractivity contribution < 1.29 is 14.4 Å². The minimum absolute atomic E-state index is 0.0244. The van der Waals surface area contributed by atoms with Crippen molar-refractivity contribution in [2.24, 2.45) is 11.7 Å². The molecule has 0 radical (unpaired) electrons. The Morgan fingerprint density at radius 3 is 1.74 bits per heavy atom. The van der Waals surface area contributed by atoms with Crippen molar-refractivity contribution in [1.82, 2.24) is 21.3 Å². The lowest BCUT2D eigenvalue weighted by atomic mass is 9.91. The van der Waals surface area contributed by atoms with Gasteiger partial charge in [-0.05, 0) is 84.3 Å². The van der Waals surface area contributed by atoms with Gasteiger partial charge in [0.2, 0.25) is 17.7 Å². The summed E-state index contributed by atoms with van der Waals surface area (Å²) >= 11 is 0. The SMILES string of the molecule is NC1CCC(NC(=O)[C@@H](Cc2ccc3ccccc3c2)NC(=O)[C@@H](Cc2ccc3ccccc3c2)NC(=O)C2CCNCC2)CC1. The van der Waals surface area contributed by atoms with E-state index in [9.17, 15) is 14.4 Å². The lowest BCUT2D eigenvalue weighted by Crippen LogP contribution is -2.57. The maximum atomic E-state index is 14.1. The van der Waals surface area contributed by atoms with Crippen LogP contribution in [0.3, 0.4) is 0 Å². The minimum atomic E-state index is -0.830. The van der Waals surface area contributed by atoms with E-state index in [0.29, 0.717) is 12.8 Å². The van der Waals surface area contributed by atoms with Gasteiger partial charge in [-0.2, -0.15) is 0 Å². The Hall–Kier alpha value is -4.27. The molecule has 0 aromatic heterocycles. The molecule has 8 heteroatoms. The second-order valence-electron chi connectivity index (χ2n) is 13.0. The van der Waals surface area contributed by atoms with Gasteiger partial charge in [-0.15, -0.1) is 0 Å². The third-order valence-corrected chi connectivity index (χ3v) is 9.60. The van der Waals surface area contributed by atoms with Gasteiger partial charge in [0.1, 0.15) is 12.1 Å². The fraction of sp³-hybridized carbons (Fsp3) is 0.395. The molecule has 2 atom stereocenters. The first kappa shape index (κ1) is 31.7. The Bertz CT molecular complexity index is 1680. The maximum Gasteiger partial charge on any atom is 0.243 e. The number of piperidine rings is 1. The molecule has 1 heterocycles. The van der Waals surface area contributed by atoms with Gasteiger partial charge in [-0.3, -0.25) is 14.4 Å². The predicted octanol–water partition coefficient (Wildman–Crippen LogP) is 4.13. The van der Waals surface area contributed by atoms with Gasteiger partial charge in [-0.1, -0.05) is 84.9 Å². The average Bonchev–Trinajstić information content (AvgIpc) is 3.09. The van der Waals surface area contributed by atoms with Crippen LogP contribution in [0.25, 0.3) is 21.5 Å². The van der Waals surface area contributed by atoms with Crippen LogP contribution < -0.4 is 27.0 Å². The Kier molecular flexibility index (Phi) is 10.3. The highest BCUT2D eigenvalue weighted by Gasteiger charge is 2.31. The summed E-state index contributed by atoms with van der Waals surface area (Å²) in [6.45, 7) is 1.55. The standard InChI is InChI=1S/C38H45N5O3/c39-32-13-15-33(16-14-32)41-37(45)34(23-25-9-11-27-5-1-3-7-30(27)21-25)43-38(46)35(42-36(44)29-17-19-40-20-18-29)24-26-10-12-28-6-2-4-8-31(28)22-26/h1-12,21-22,29,32-35,40H,13-20,23-24,39H2,(H,41,45)(H,42,44)(H,43,46)/t32?,33?,34-,35-/m1/s1. The molecule has 3 amide bonds. The zero-order valence-corrected chi connectivity index (χ0v) is 26.3. The number of carbonyl (C=O) groups excluding carboxylic acids is 3. The Morgan fingerprint density at radius 2 is 1.17 bits per heavy atom. The molecule has 6 N–H and O–H groups in total. The largest absolute Gasteiger partial charge is 0.352 e. The fourth-order valence-electron chi connectivity index (χ4n) is 6.83. The first-order valence-electron chi connectivity index (χ1n) is 16.7. The van der Waals surface area contributed by atoms with Gasteiger partial charge >= 0.3 is 0 Å². The molecule has 1 aliphatic heterocycles. The van der Waals surface area contributed by atoms with Crippen LogP contribution in [0.4, 0.5) is 0 Å². The first-order valence-corrected chi connectivity index (χ1v) is 16.7. The number of nitrogens with two attached hydrogens (primary N) is 1. The van der Waals surface area contributed by atoms with Crippen LogP contribution in [0.5, 0.6) is 0 Å². The summed E-state index contributed by atoms with van der Waals surface area (Å²) in [5.74, 6) is -0.836. The fourth-order valence-corrected chi connectivity index (χ4v) is 6.83. The second-order valence-corrected chi connectivity index (χ2v) is 13.0. The molecule has 0 spiro atoms. The number of hydrogen-bond donors (Lipinski definition) is 5. The molecule has 46 heavy (non-hydrogen) atoms. The molecule has 1 saturated heterocycles. The van der Waals surface area contributed by atoms with Crippen molar-refractivity contribution in [2.45, 2.75) is 75.5 Å². The van der Waals surface area contributed by atoms with Crippen LogP contribution in [-0.2, 0) is 27.2 Å². The molecule has 0 unspecified atom stereocenters. The molecule has 4 aromatic carbocycles. The molecule has 240 valence electrons. The van der Waals surface area contributed by atoms with E-state index in [0.717, 1.165) is 84.3 Å². The van der Waals surface area contributed by atoms with Crippen LogP contribution in [0.2, 0.25) is 0 Å². The Balaban J connectivity index is 1.24. The second kappa shape index (κ2) is 14.9. The molecular weight excluding hydrogens is 574 g/mol. The van der Waals surface area contributed by atoms with Crippen molar-refractivity contribution >= 4 is 39.3 Å². The molecule has 2 aliphatic rings. The number of rotatable bonds is 10. The molecular formula is C38H45N5O3. The number of amides is 3. The molecule has 1 saturated carbocycles. The van der Waals surface area contributed by atoms with Gasteiger partial charge in [0.25, 0.3) is 0 Å². The van der Waals surface area contributed by atoms with E-state index in [2.05, 4.69) is 45.5 Å². The number of fused-ring (bicyclic) bond motifs is 2. The number of nitrogens with one attached hydrogen (secondary N) is 4. The van der Waals surface area contributed by atoms with Crippen molar-refractivity contribution in [3.05, 3.63) is 96.1 Å². The quantitative estimate of drug-likeness (QED) is 0.183. The summed E-state index contributed by atoms with van der Waals surface area (Å²) in [6.07, 6.45) is 5.48. The molecule has 0 bridgehead atoms. The van der Waals surface area contributed by atoms with Gasteiger partial charge in [-0.25, -0.2) is 0 Å². The third-order valence-electron chi connectivity index (χ3n) is 9.60. The van der Waals surface area contributed by atoms with Gasteiger partial charge in [0.15, 0.2) is 0 Å². The normalized spacial score (nSPS) is 20.1. The highest BCUT2D eigenvalue weighted by molar-refractivity contribution is 5.93. The van der Waals surface area contributed by atoms with Crippen LogP contribution in [0.1, 0.15) is 49.7 Å². The van der Waals surface area contributed by atoms with E-state index < -0.39 is 12.1 Å². The van der Waals surface area contributed by atoms with E-state index in [1.807, 2.05) is 60.7 Å². The topological polar surface area (TPSA) is 125 Å². The molecule has 1 aliphatic carbocycles. The maximum absolute atomic E-state index is 14.1. The summed E-state index contributed by atoms with van der Waals surface area (Å²) < 4.78 is 0. The number of carbonyl (C=O) groups is 3. The monoisotopic (exact) mass is 619 g/mol. The summed E-state index contributed by atoms with van der Waals surface area (Å²) in [5.41, 5.74) is 8.01. The highest BCUT2D eigenvalue weighted by Crippen LogP contribution is 2.21. The van der Waals surface area contributed by atoms with Gasteiger partial charge < -0.3 is 27.0 Å². The summed E-state index contributed by atoms with van der Waals surface area (Å²) in [5, 5.41) is 17.0. The molecule has 6 rings (SSSR count). The lowest BCUT2D eigenvalue weighted by Gasteiger charge is -2.30. The Morgan fingerprint density at radius 1 is 0.652 bits per heavy atom. The summed E-state index contributed by atoms with van der Waals surface area (Å²) in [7, 11) is 0.